The van der Waals surface area contributed by atoms with Gasteiger partial charge in [0.15, 0.2) is 0 Å². The Labute approximate surface area is 115 Å². The number of primary amides is 1. The van der Waals surface area contributed by atoms with Crippen LogP contribution < -0.4 is 15.8 Å². The summed E-state index contributed by atoms with van der Waals surface area (Å²) in [6.45, 7) is 4.21. The van der Waals surface area contributed by atoms with Gasteiger partial charge in [-0.3, -0.25) is 4.79 Å². The number of hydrogen-bond acceptors (Lipinski definition) is 3. The SMILES string of the molecule is CCNC(C)(CC(N)=O)c1ccc(OC(F)(F)F)cc1. The van der Waals surface area contributed by atoms with Crippen LogP contribution in [0.15, 0.2) is 24.3 Å². The van der Waals surface area contributed by atoms with Crippen LogP contribution in [0.4, 0.5) is 13.2 Å². The first-order valence-corrected chi connectivity index (χ1v) is 6.06. The first kappa shape index (κ1) is 16.3. The molecule has 0 spiro atoms. The molecule has 0 saturated carbocycles. The minimum atomic E-state index is -4.72. The van der Waals surface area contributed by atoms with E-state index in [2.05, 4.69) is 10.1 Å². The van der Waals surface area contributed by atoms with Gasteiger partial charge in [-0.2, -0.15) is 0 Å². The molecule has 20 heavy (non-hydrogen) atoms. The maximum atomic E-state index is 12.1. The molecule has 1 amide bonds. The maximum Gasteiger partial charge on any atom is 0.573 e. The highest BCUT2D eigenvalue weighted by Gasteiger charge is 2.32. The lowest BCUT2D eigenvalue weighted by Gasteiger charge is -2.30. The van der Waals surface area contributed by atoms with Crippen LogP contribution in [0.3, 0.4) is 0 Å². The summed E-state index contributed by atoms with van der Waals surface area (Å²) >= 11 is 0. The predicted molar refractivity (Wildman–Crippen MR) is 68.0 cm³/mol. The monoisotopic (exact) mass is 290 g/mol. The van der Waals surface area contributed by atoms with Crippen molar-refractivity contribution in [3.8, 4) is 5.75 Å². The van der Waals surface area contributed by atoms with Gasteiger partial charge >= 0.3 is 6.36 Å². The molecule has 0 aliphatic heterocycles. The van der Waals surface area contributed by atoms with Crippen molar-refractivity contribution in [1.82, 2.24) is 5.32 Å². The van der Waals surface area contributed by atoms with Crippen LogP contribution in [0, 0.1) is 0 Å². The van der Waals surface area contributed by atoms with E-state index in [4.69, 9.17) is 5.73 Å². The van der Waals surface area contributed by atoms with E-state index in [9.17, 15) is 18.0 Å². The maximum absolute atomic E-state index is 12.1. The fourth-order valence-electron chi connectivity index (χ4n) is 2.03. The highest BCUT2D eigenvalue weighted by Crippen LogP contribution is 2.28. The van der Waals surface area contributed by atoms with Crippen molar-refractivity contribution in [3.05, 3.63) is 29.8 Å². The van der Waals surface area contributed by atoms with Gasteiger partial charge in [-0.05, 0) is 31.2 Å². The highest BCUT2D eigenvalue weighted by atomic mass is 19.4. The molecule has 1 rings (SSSR count). The molecule has 1 unspecified atom stereocenters. The van der Waals surface area contributed by atoms with Crippen LogP contribution >= 0.6 is 0 Å². The quantitative estimate of drug-likeness (QED) is 0.845. The van der Waals surface area contributed by atoms with E-state index in [0.29, 0.717) is 12.1 Å². The van der Waals surface area contributed by atoms with E-state index in [-0.39, 0.29) is 12.2 Å². The fraction of sp³-hybridized carbons (Fsp3) is 0.462. The summed E-state index contributed by atoms with van der Waals surface area (Å²) in [6.07, 6.45) is -4.68. The molecule has 0 aliphatic carbocycles. The number of rotatable bonds is 6. The van der Waals surface area contributed by atoms with Crippen molar-refractivity contribution < 1.29 is 22.7 Å². The Balaban J connectivity index is 2.96. The Morgan fingerprint density at radius 1 is 1.30 bits per heavy atom. The number of nitrogens with two attached hydrogens (primary N) is 1. The standard InChI is InChI=1S/C13H17F3N2O2/c1-3-18-12(2,8-11(17)19)9-4-6-10(7-5-9)20-13(14,15)16/h4-7,18H,3,8H2,1-2H3,(H2,17,19). The number of alkyl halides is 3. The summed E-state index contributed by atoms with van der Waals surface area (Å²) in [5.41, 5.74) is 5.14. The number of halogens is 3. The smallest absolute Gasteiger partial charge is 0.406 e. The third-order valence-corrected chi connectivity index (χ3v) is 2.82. The van der Waals surface area contributed by atoms with Crippen molar-refractivity contribution >= 4 is 5.91 Å². The van der Waals surface area contributed by atoms with Crippen molar-refractivity contribution in [1.29, 1.82) is 0 Å². The van der Waals surface area contributed by atoms with Gasteiger partial charge in [0.2, 0.25) is 5.91 Å². The fourth-order valence-corrected chi connectivity index (χ4v) is 2.03. The second-order valence-electron chi connectivity index (χ2n) is 4.58. The molecule has 0 fully saturated rings. The lowest BCUT2D eigenvalue weighted by molar-refractivity contribution is -0.274. The molecule has 0 bridgehead atoms. The molecule has 0 heterocycles. The molecule has 0 aromatic heterocycles. The number of hydrogen-bond donors (Lipinski definition) is 2. The van der Waals surface area contributed by atoms with Crippen LogP contribution in [-0.4, -0.2) is 18.8 Å². The zero-order valence-corrected chi connectivity index (χ0v) is 11.3. The third kappa shape index (κ3) is 4.73. The molecule has 1 atom stereocenters. The van der Waals surface area contributed by atoms with Gasteiger partial charge in [-0.15, -0.1) is 13.2 Å². The van der Waals surface area contributed by atoms with Gasteiger partial charge in [0.1, 0.15) is 5.75 Å². The van der Waals surface area contributed by atoms with Crippen LogP contribution in [0.25, 0.3) is 0 Å². The largest absolute Gasteiger partial charge is 0.573 e. The normalized spacial score (nSPS) is 14.7. The molecule has 1 aromatic carbocycles. The number of carbonyl (C=O) groups is 1. The van der Waals surface area contributed by atoms with E-state index in [0.717, 1.165) is 0 Å². The van der Waals surface area contributed by atoms with Gasteiger partial charge < -0.3 is 15.8 Å². The summed E-state index contributed by atoms with van der Waals surface area (Å²) in [6, 6.07) is 5.37. The van der Waals surface area contributed by atoms with E-state index in [1.165, 1.54) is 24.3 Å². The Morgan fingerprint density at radius 2 is 1.85 bits per heavy atom. The minimum Gasteiger partial charge on any atom is -0.406 e. The van der Waals surface area contributed by atoms with Gasteiger partial charge in [-0.1, -0.05) is 19.1 Å². The van der Waals surface area contributed by atoms with Crippen molar-refractivity contribution in [3.63, 3.8) is 0 Å². The van der Waals surface area contributed by atoms with Gasteiger partial charge in [0.25, 0.3) is 0 Å². The molecular formula is C13H17F3N2O2. The average Bonchev–Trinajstić information content (AvgIpc) is 2.26. The van der Waals surface area contributed by atoms with Crippen LogP contribution in [0.5, 0.6) is 5.75 Å². The molecule has 7 heteroatoms. The molecular weight excluding hydrogens is 273 g/mol. The first-order valence-electron chi connectivity index (χ1n) is 6.06. The Morgan fingerprint density at radius 3 is 2.25 bits per heavy atom. The van der Waals surface area contributed by atoms with E-state index in [1.54, 1.807) is 6.92 Å². The average molecular weight is 290 g/mol. The van der Waals surface area contributed by atoms with Crippen LogP contribution in [0.1, 0.15) is 25.8 Å². The summed E-state index contributed by atoms with van der Waals surface area (Å²) in [5, 5.41) is 3.11. The predicted octanol–water partition coefficient (Wildman–Crippen LogP) is 2.29. The molecule has 0 aliphatic rings. The number of amides is 1. The number of benzene rings is 1. The number of carbonyl (C=O) groups excluding carboxylic acids is 1. The first-order chi connectivity index (χ1) is 9.16. The Hall–Kier alpha value is -1.76. The number of ether oxygens (including phenoxy) is 1. The molecule has 0 saturated heterocycles. The van der Waals surface area contributed by atoms with Crippen molar-refractivity contribution in [2.75, 3.05) is 6.54 Å². The van der Waals surface area contributed by atoms with Crippen molar-refractivity contribution in [2.24, 2.45) is 5.73 Å². The second-order valence-corrected chi connectivity index (χ2v) is 4.58. The highest BCUT2D eigenvalue weighted by molar-refractivity contribution is 5.75. The van der Waals surface area contributed by atoms with Crippen molar-refractivity contribution in [2.45, 2.75) is 32.2 Å². The van der Waals surface area contributed by atoms with E-state index >= 15 is 0 Å². The van der Waals surface area contributed by atoms with Gasteiger partial charge in [-0.25, -0.2) is 0 Å². The summed E-state index contributed by atoms with van der Waals surface area (Å²) in [7, 11) is 0. The lowest BCUT2D eigenvalue weighted by atomic mass is 9.88. The summed E-state index contributed by atoms with van der Waals surface area (Å²) in [4.78, 5) is 11.1. The molecule has 3 N–H and O–H groups in total. The molecule has 4 nitrogen and oxygen atoms in total. The van der Waals surface area contributed by atoms with Gasteiger partial charge in [0, 0.05) is 12.0 Å². The second kappa shape index (κ2) is 6.13. The van der Waals surface area contributed by atoms with E-state index < -0.39 is 17.8 Å². The Kier molecular flexibility index (Phi) is 4.99. The van der Waals surface area contributed by atoms with E-state index in [1.807, 2.05) is 6.92 Å². The molecule has 0 radical (unpaired) electrons. The van der Waals surface area contributed by atoms with Crippen LogP contribution in [0.2, 0.25) is 0 Å². The van der Waals surface area contributed by atoms with Gasteiger partial charge in [0.05, 0.1) is 0 Å². The molecule has 112 valence electrons. The third-order valence-electron chi connectivity index (χ3n) is 2.82. The number of nitrogens with one attached hydrogen (secondary N) is 1. The Bertz CT molecular complexity index is 460. The van der Waals surface area contributed by atoms with Crippen LogP contribution in [-0.2, 0) is 10.3 Å². The summed E-state index contributed by atoms with van der Waals surface area (Å²) in [5.74, 6) is -0.803. The summed E-state index contributed by atoms with van der Waals surface area (Å²) < 4.78 is 40.0. The minimum absolute atomic E-state index is 0.0420. The zero-order valence-electron chi connectivity index (χ0n) is 11.3. The topological polar surface area (TPSA) is 64.3 Å². The lowest BCUT2D eigenvalue weighted by Crippen LogP contribution is -2.42. The molecule has 1 aromatic rings. The zero-order chi connectivity index (χ0) is 15.4.